The fraction of sp³-hybridized carbons (Fsp3) is 0.250. The molecule has 0 radical (unpaired) electrons. The Morgan fingerprint density at radius 1 is 1.14 bits per heavy atom. The number of benzene rings is 1. The second-order valence-electron chi connectivity index (χ2n) is 4.28. The number of anilines is 1. The van der Waals surface area contributed by atoms with Crippen LogP contribution in [0.15, 0.2) is 24.3 Å². The summed E-state index contributed by atoms with van der Waals surface area (Å²) in [5.41, 5.74) is 5.50. The van der Waals surface area contributed by atoms with Gasteiger partial charge in [-0.3, -0.25) is 10.1 Å². The summed E-state index contributed by atoms with van der Waals surface area (Å²) in [6, 6.07) is 5.49. The number of hydrogen-bond donors (Lipinski definition) is 1. The highest BCUT2D eigenvalue weighted by atomic mass is 16.6. The molecule has 0 fully saturated rings. The average Bonchev–Trinajstić information content (AvgIpc) is 2.37. The van der Waals surface area contributed by atoms with Gasteiger partial charge in [-0.25, -0.2) is 0 Å². The fourth-order valence-electron chi connectivity index (χ4n) is 1.40. The molecule has 9 nitrogen and oxygen atoms in total. The number of nitro benzene ring substituents is 1. The van der Waals surface area contributed by atoms with Gasteiger partial charge in [-0.05, 0) is 26.0 Å². The smallest absolute Gasteiger partial charge is 0.330 e. The number of nitrogens with two attached hydrogens (primary N) is 1. The topological polar surface area (TPSA) is 126 Å². The van der Waals surface area contributed by atoms with Crippen molar-refractivity contribution in [3.63, 3.8) is 0 Å². The Hall–Kier alpha value is -2.97. The molecule has 0 unspecified atom stereocenters. The largest absolute Gasteiger partial charge is 0.461 e. The van der Waals surface area contributed by atoms with Gasteiger partial charge in [0.05, 0.1) is 11.0 Å². The van der Waals surface area contributed by atoms with E-state index in [1.807, 2.05) is 13.8 Å². The quantitative estimate of drug-likeness (QED) is 0.654. The molecule has 2 N–H and O–H groups in total. The molecule has 1 aromatic carbocycles. The lowest BCUT2D eigenvalue weighted by molar-refractivity contribution is -0.384. The van der Waals surface area contributed by atoms with Crippen LogP contribution in [0.4, 0.5) is 11.6 Å². The van der Waals surface area contributed by atoms with Crippen LogP contribution in [-0.4, -0.2) is 26.0 Å². The maximum atomic E-state index is 10.6. The van der Waals surface area contributed by atoms with E-state index in [9.17, 15) is 10.1 Å². The van der Waals surface area contributed by atoms with Gasteiger partial charge in [0.15, 0.2) is 0 Å². The van der Waals surface area contributed by atoms with Crippen molar-refractivity contribution in [3.05, 3.63) is 34.4 Å². The van der Waals surface area contributed by atoms with Crippen LogP contribution in [0.3, 0.4) is 0 Å². The molecule has 2 aromatic rings. The van der Waals surface area contributed by atoms with Gasteiger partial charge in [0, 0.05) is 12.1 Å². The number of rotatable bonds is 5. The van der Waals surface area contributed by atoms with E-state index in [4.69, 9.17) is 15.2 Å². The summed E-state index contributed by atoms with van der Waals surface area (Å²) in [5.74, 6) is 0.291. The molecule has 0 atom stereocenters. The molecule has 110 valence electrons. The lowest BCUT2D eigenvalue weighted by Gasteiger charge is -2.09. The summed E-state index contributed by atoms with van der Waals surface area (Å²) in [4.78, 5) is 21.6. The molecule has 0 aliphatic rings. The van der Waals surface area contributed by atoms with E-state index < -0.39 is 4.92 Å². The Bertz CT molecular complexity index is 645. The molecular formula is C12H13N5O4. The van der Waals surface area contributed by atoms with E-state index >= 15 is 0 Å². The van der Waals surface area contributed by atoms with Crippen molar-refractivity contribution in [1.29, 1.82) is 0 Å². The maximum Gasteiger partial charge on any atom is 0.330 e. The Kier molecular flexibility index (Phi) is 4.12. The number of ether oxygens (including phenoxy) is 2. The van der Waals surface area contributed by atoms with Crippen molar-refractivity contribution in [2.75, 3.05) is 5.73 Å². The highest BCUT2D eigenvalue weighted by molar-refractivity contribution is 5.37. The first-order valence-corrected chi connectivity index (χ1v) is 6.04. The number of hydrogen-bond acceptors (Lipinski definition) is 8. The summed E-state index contributed by atoms with van der Waals surface area (Å²) in [5, 5.41) is 10.6. The summed E-state index contributed by atoms with van der Waals surface area (Å²) in [6.45, 7) is 3.63. The summed E-state index contributed by atoms with van der Waals surface area (Å²) in [6.07, 6.45) is -0.126. The van der Waals surface area contributed by atoms with Crippen molar-refractivity contribution in [1.82, 2.24) is 15.0 Å². The molecule has 0 saturated heterocycles. The molecule has 2 rings (SSSR count). The van der Waals surface area contributed by atoms with E-state index in [-0.39, 0.29) is 29.8 Å². The van der Waals surface area contributed by atoms with Crippen molar-refractivity contribution < 1.29 is 14.4 Å². The van der Waals surface area contributed by atoms with Crippen LogP contribution in [0.5, 0.6) is 17.8 Å². The number of nitrogen functional groups attached to an aromatic ring is 1. The Morgan fingerprint density at radius 2 is 1.76 bits per heavy atom. The van der Waals surface area contributed by atoms with Crippen molar-refractivity contribution in [2.24, 2.45) is 0 Å². The van der Waals surface area contributed by atoms with Gasteiger partial charge < -0.3 is 15.2 Å². The SMILES string of the molecule is CC(C)Oc1nc(N)nc(Oc2ccc([N+](=O)[O-])cc2)n1. The van der Waals surface area contributed by atoms with Gasteiger partial charge in [0.1, 0.15) is 5.75 Å². The minimum Gasteiger partial charge on any atom is -0.461 e. The molecule has 0 saturated carbocycles. The van der Waals surface area contributed by atoms with Gasteiger partial charge in [0.25, 0.3) is 5.69 Å². The summed E-state index contributed by atoms with van der Waals surface area (Å²) >= 11 is 0. The van der Waals surface area contributed by atoms with Gasteiger partial charge >= 0.3 is 12.0 Å². The van der Waals surface area contributed by atoms with Crippen molar-refractivity contribution in [3.8, 4) is 17.8 Å². The van der Waals surface area contributed by atoms with Gasteiger partial charge in [-0.15, -0.1) is 4.98 Å². The molecule has 0 amide bonds. The van der Waals surface area contributed by atoms with Crippen LogP contribution in [0.25, 0.3) is 0 Å². The zero-order valence-corrected chi connectivity index (χ0v) is 11.4. The zero-order valence-electron chi connectivity index (χ0n) is 11.4. The zero-order chi connectivity index (χ0) is 15.4. The number of nitro groups is 1. The number of aromatic nitrogens is 3. The first-order chi connectivity index (χ1) is 9.94. The van der Waals surface area contributed by atoms with E-state index in [2.05, 4.69) is 15.0 Å². The van der Waals surface area contributed by atoms with Crippen LogP contribution >= 0.6 is 0 Å². The third kappa shape index (κ3) is 4.00. The highest BCUT2D eigenvalue weighted by Gasteiger charge is 2.10. The summed E-state index contributed by atoms with van der Waals surface area (Å²) in [7, 11) is 0. The summed E-state index contributed by atoms with van der Waals surface area (Å²) < 4.78 is 10.7. The fourth-order valence-corrected chi connectivity index (χ4v) is 1.40. The van der Waals surface area contributed by atoms with E-state index in [0.717, 1.165) is 0 Å². The van der Waals surface area contributed by atoms with Gasteiger partial charge in [-0.2, -0.15) is 9.97 Å². The van der Waals surface area contributed by atoms with Crippen LogP contribution < -0.4 is 15.2 Å². The predicted molar refractivity (Wildman–Crippen MR) is 73.2 cm³/mol. The second kappa shape index (κ2) is 5.99. The van der Waals surface area contributed by atoms with Crippen LogP contribution in [0.1, 0.15) is 13.8 Å². The normalized spacial score (nSPS) is 10.4. The standard InChI is InChI=1S/C12H13N5O4/c1-7(2)20-11-14-10(13)15-12(16-11)21-9-5-3-8(4-6-9)17(18)19/h3-7H,1-2H3,(H2,13,14,15,16). The van der Waals surface area contributed by atoms with Crippen molar-refractivity contribution in [2.45, 2.75) is 20.0 Å². The minimum atomic E-state index is -0.501. The molecule has 1 aromatic heterocycles. The van der Waals surface area contributed by atoms with Crippen molar-refractivity contribution >= 4 is 11.6 Å². The molecular weight excluding hydrogens is 278 g/mol. The molecule has 0 aliphatic heterocycles. The number of nitrogens with zero attached hydrogens (tertiary/aromatic N) is 4. The van der Waals surface area contributed by atoms with E-state index in [0.29, 0.717) is 5.75 Å². The lowest BCUT2D eigenvalue weighted by atomic mass is 10.3. The Balaban J connectivity index is 2.18. The molecule has 9 heteroatoms. The molecule has 0 aliphatic carbocycles. The molecule has 0 bridgehead atoms. The molecule has 21 heavy (non-hydrogen) atoms. The minimum absolute atomic E-state index is 0.0404. The lowest BCUT2D eigenvalue weighted by Crippen LogP contribution is -2.10. The monoisotopic (exact) mass is 291 g/mol. The number of non-ortho nitro benzene ring substituents is 1. The molecule has 1 heterocycles. The van der Waals surface area contributed by atoms with E-state index in [1.54, 1.807) is 0 Å². The average molecular weight is 291 g/mol. The first-order valence-electron chi connectivity index (χ1n) is 6.04. The van der Waals surface area contributed by atoms with Crippen LogP contribution in [-0.2, 0) is 0 Å². The predicted octanol–water partition coefficient (Wildman–Crippen LogP) is 1.94. The maximum absolute atomic E-state index is 10.6. The third-order valence-corrected chi connectivity index (χ3v) is 2.21. The van der Waals surface area contributed by atoms with Gasteiger partial charge in [0.2, 0.25) is 5.95 Å². The van der Waals surface area contributed by atoms with Crippen LogP contribution in [0, 0.1) is 10.1 Å². The Labute approximate surface area is 119 Å². The molecule has 0 spiro atoms. The highest BCUT2D eigenvalue weighted by Crippen LogP contribution is 2.22. The Morgan fingerprint density at radius 3 is 2.33 bits per heavy atom. The van der Waals surface area contributed by atoms with E-state index in [1.165, 1.54) is 24.3 Å². The second-order valence-corrected chi connectivity index (χ2v) is 4.28. The van der Waals surface area contributed by atoms with Crippen LogP contribution in [0.2, 0.25) is 0 Å². The van der Waals surface area contributed by atoms with Gasteiger partial charge in [-0.1, -0.05) is 0 Å². The first kappa shape index (κ1) is 14.4. The third-order valence-electron chi connectivity index (χ3n) is 2.21.